The van der Waals surface area contributed by atoms with Gasteiger partial charge in [-0.15, -0.1) is 0 Å². The highest BCUT2D eigenvalue weighted by Crippen LogP contribution is 2.38. The van der Waals surface area contributed by atoms with Crippen molar-refractivity contribution >= 4 is 5.91 Å². The minimum Gasteiger partial charge on any atom is -0.454 e. The molecule has 1 aromatic carbocycles. The van der Waals surface area contributed by atoms with Gasteiger partial charge in [0.25, 0.3) is 0 Å². The van der Waals surface area contributed by atoms with Gasteiger partial charge in [-0.25, -0.2) is 0 Å². The van der Waals surface area contributed by atoms with Gasteiger partial charge in [-0.1, -0.05) is 12.1 Å². The van der Waals surface area contributed by atoms with Crippen LogP contribution in [-0.2, 0) is 11.3 Å². The molecular formula is C16H19F3N2O3. The summed E-state index contributed by atoms with van der Waals surface area (Å²) in [6.45, 7) is 1.68. The Labute approximate surface area is 137 Å². The van der Waals surface area contributed by atoms with E-state index < -0.39 is 12.2 Å². The van der Waals surface area contributed by atoms with Crippen molar-refractivity contribution in [1.82, 2.24) is 10.2 Å². The van der Waals surface area contributed by atoms with Crippen LogP contribution in [0.4, 0.5) is 13.2 Å². The van der Waals surface area contributed by atoms with E-state index in [1.165, 1.54) is 11.8 Å². The van der Waals surface area contributed by atoms with Crippen LogP contribution in [0, 0.1) is 0 Å². The summed E-state index contributed by atoms with van der Waals surface area (Å²) in [5, 5.41) is 2.72. The molecule has 2 unspecified atom stereocenters. The number of fused-ring (bicyclic) bond motifs is 1. The van der Waals surface area contributed by atoms with E-state index in [-0.39, 0.29) is 38.3 Å². The zero-order valence-electron chi connectivity index (χ0n) is 13.2. The summed E-state index contributed by atoms with van der Waals surface area (Å²) < 4.78 is 50.8. The molecule has 0 bridgehead atoms. The standard InChI is InChI=1S/C16H19F3N2O3/c1-10(22)20-12-5-6-14(16(17,18)19)21(8-12)7-11-3-2-4-13-15(11)24-9-23-13/h2-4,12,14H,5-9H2,1H3,(H,20,22). The average Bonchev–Trinajstić information content (AvgIpc) is 2.95. The van der Waals surface area contributed by atoms with Crippen LogP contribution >= 0.6 is 0 Å². The maximum atomic E-state index is 13.4. The molecule has 2 heterocycles. The molecule has 0 spiro atoms. The smallest absolute Gasteiger partial charge is 0.404 e. The Morgan fingerprint density at radius 2 is 2.12 bits per heavy atom. The Bertz CT molecular complexity index is 621. The van der Waals surface area contributed by atoms with Crippen molar-refractivity contribution in [1.29, 1.82) is 0 Å². The normalized spacial score (nSPS) is 24.0. The summed E-state index contributed by atoms with van der Waals surface area (Å²) in [5.41, 5.74) is 0.655. The molecule has 8 heteroatoms. The molecule has 0 saturated carbocycles. The fraction of sp³-hybridized carbons (Fsp3) is 0.562. The zero-order chi connectivity index (χ0) is 17.3. The van der Waals surface area contributed by atoms with Crippen molar-refractivity contribution in [2.75, 3.05) is 13.3 Å². The van der Waals surface area contributed by atoms with Crippen LogP contribution in [0.3, 0.4) is 0 Å². The molecule has 1 saturated heterocycles. The molecule has 132 valence electrons. The molecule has 0 radical (unpaired) electrons. The number of alkyl halides is 3. The third kappa shape index (κ3) is 3.58. The first-order chi connectivity index (χ1) is 11.3. The lowest BCUT2D eigenvalue weighted by molar-refractivity contribution is -0.194. The zero-order valence-corrected chi connectivity index (χ0v) is 13.2. The number of benzene rings is 1. The van der Waals surface area contributed by atoms with Gasteiger partial charge in [0, 0.05) is 31.6 Å². The van der Waals surface area contributed by atoms with Gasteiger partial charge >= 0.3 is 6.18 Å². The van der Waals surface area contributed by atoms with Crippen LogP contribution in [0.15, 0.2) is 18.2 Å². The summed E-state index contributed by atoms with van der Waals surface area (Å²) in [7, 11) is 0. The number of halogens is 3. The maximum Gasteiger partial charge on any atom is 0.404 e. The lowest BCUT2D eigenvalue weighted by Crippen LogP contribution is -2.55. The summed E-state index contributed by atoms with van der Waals surface area (Å²) in [5.74, 6) is 0.814. The highest BCUT2D eigenvalue weighted by molar-refractivity contribution is 5.73. The van der Waals surface area contributed by atoms with Crippen LogP contribution in [-0.4, -0.2) is 42.4 Å². The number of ether oxygens (including phenoxy) is 2. The first-order valence-corrected chi connectivity index (χ1v) is 7.80. The first-order valence-electron chi connectivity index (χ1n) is 7.80. The van der Waals surface area contributed by atoms with Crippen LogP contribution in [0.25, 0.3) is 0 Å². The molecule has 2 atom stereocenters. The van der Waals surface area contributed by atoms with Gasteiger partial charge in [0.1, 0.15) is 6.04 Å². The van der Waals surface area contributed by atoms with E-state index in [0.717, 1.165) is 0 Å². The summed E-state index contributed by atoms with van der Waals surface area (Å²) in [4.78, 5) is 12.6. The topological polar surface area (TPSA) is 50.8 Å². The Hall–Kier alpha value is -1.96. The minimum atomic E-state index is -4.31. The fourth-order valence-electron chi connectivity index (χ4n) is 3.33. The number of nitrogens with one attached hydrogen (secondary N) is 1. The Balaban J connectivity index is 1.81. The number of carbonyl (C=O) groups excluding carboxylic acids is 1. The van der Waals surface area contributed by atoms with Crippen molar-refractivity contribution in [3.8, 4) is 11.5 Å². The molecule has 2 aliphatic heterocycles. The number of likely N-dealkylation sites (tertiary alicyclic amines) is 1. The Morgan fingerprint density at radius 1 is 1.33 bits per heavy atom. The van der Waals surface area contributed by atoms with Crippen LogP contribution in [0.1, 0.15) is 25.3 Å². The second kappa shape index (κ2) is 6.51. The predicted molar refractivity (Wildman–Crippen MR) is 79.7 cm³/mol. The van der Waals surface area contributed by atoms with E-state index in [0.29, 0.717) is 23.5 Å². The highest BCUT2D eigenvalue weighted by atomic mass is 19.4. The molecule has 1 N–H and O–H groups in total. The van der Waals surface area contributed by atoms with Crippen molar-refractivity contribution in [2.24, 2.45) is 0 Å². The van der Waals surface area contributed by atoms with E-state index >= 15 is 0 Å². The summed E-state index contributed by atoms with van der Waals surface area (Å²) >= 11 is 0. The number of hydrogen-bond donors (Lipinski definition) is 1. The van der Waals surface area contributed by atoms with Crippen LogP contribution in [0.2, 0.25) is 0 Å². The molecule has 24 heavy (non-hydrogen) atoms. The van der Waals surface area contributed by atoms with E-state index in [1.807, 2.05) is 0 Å². The van der Waals surface area contributed by atoms with E-state index in [1.54, 1.807) is 18.2 Å². The number of piperidine rings is 1. The van der Waals surface area contributed by atoms with Crippen molar-refractivity contribution in [3.05, 3.63) is 23.8 Å². The van der Waals surface area contributed by atoms with Gasteiger partial charge in [-0.05, 0) is 18.9 Å². The second-order valence-electron chi connectivity index (χ2n) is 6.11. The summed E-state index contributed by atoms with van der Waals surface area (Å²) in [6.07, 6.45) is -4.04. The quantitative estimate of drug-likeness (QED) is 0.915. The summed E-state index contributed by atoms with van der Waals surface area (Å²) in [6, 6.07) is 3.39. The third-order valence-electron chi connectivity index (χ3n) is 4.32. The molecule has 2 aliphatic rings. The third-order valence-corrected chi connectivity index (χ3v) is 4.32. The molecule has 1 aromatic rings. The van der Waals surface area contributed by atoms with Crippen molar-refractivity contribution < 1.29 is 27.4 Å². The number of amides is 1. The Kier molecular flexibility index (Phi) is 4.58. The van der Waals surface area contributed by atoms with Crippen LogP contribution in [0.5, 0.6) is 11.5 Å². The van der Waals surface area contributed by atoms with Crippen LogP contribution < -0.4 is 14.8 Å². The van der Waals surface area contributed by atoms with Gasteiger partial charge in [-0.3, -0.25) is 9.69 Å². The molecule has 0 aromatic heterocycles. The Morgan fingerprint density at radius 3 is 2.83 bits per heavy atom. The SMILES string of the molecule is CC(=O)NC1CCC(C(F)(F)F)N(Cc2cccc3c2OCO3)C1. The van der Waals surface area contributed by atoms with Gasteiger partial charge in [0.2, 0.25) is 12.7 Å². The molecular weight excluding hydrogens is 325 g/mol. The number of nitrogens with zero attached hydrogens (tertiary/aromatic N) is 1. The number of hydrogen-bond acceptors (Lipinski definition) is 4. The number of carbonyl (C=O) groups is 1. The van der Waals surface area contributed by atoms with Gasteiger partial charge in [0.05, 0.1) is 0 Å². The molecule has 0 aliphatic carbocycles. The second-order valence-corrected chi connectivity index (χ2v) is 6.11. The fourth-order valence-corrected chi connectivity index (χ4v) is 3.33. The largest absolute Gasteiger partial charge is 0.454 e. The van der Waals surface area contributed by atoms with E-state index in [4.69, 9.17) is 9.47 Å². The van der Waals surface area contributed by atoms with Gasteiger partial charge in [0.15, 0.2) is 11.5 Å². The molecule has 5 nitrogen and oxygen atoms in total. The first kappa shape index (κ1) is 16.9. The highest BCUT2D eigenvalue weighted by Gasteiger charge is 2.46. The predicted octanol–water partition coefficient (Wildman–Crippen LogP) is 2.45. The van der Waals surface area contributed by atoms with E-state index in [2.05, 4.69) is 5.32 Å². The number of rotatable bonds is 3. The minimum absolute atomic E-state index is 0.0408. The van der Waals surface area contributed by atoms with Gasteiger partial charge < -0.3 is 14.8 Å². The lowest BCUT2D eigenvalue weighted by Gasteiger charge is -2.40. The molecule has 3 rings (SSSR count). The lowest BCUT2D eigenvalue weighted by atomic mass is 9.96. The average molecular weight is 344 g/mol. The monoisotopic (exact) mass is 344 g/mol. The number of para-hydroxylation sites is 1. The molecule has 1 fully saturated rings. The van der Waals surface area contributed by atoms with Gasteiger partial charge in [-0.2, -0.15) is 13.2 Å². The van der Waals surface area contributed by atoms with E-state index in [9.17, 15) is 18.0 Å². The van der Waals surface area contributed by atoms with Crippen molar-refractivity contribution in [3.63, 3.8) is 0 Å². The van der Waals surface area contributed by atoms with Crippen molar-refractivity contribution in [2.45, 2.75) is 44.6 Å². The molecule has 1 amide bonds. The maximum absolute atomic E-state index is 13.4.